The fourth-order valence-electron chi connectivity index (χ4n) is 2.17. The third-order valence-corrected chi connectivity index (χ3v) is 3.75. The number of carbonyl (C=O) groups is 1. The van der Waals surface area contributed by atoms with Gasteiger partial charge in [0.05, 0.1) is 16.8 Å². The molecule has 18 heavy (non-hydrogen) atoms. The molecule has 3 nitrogen and oxygen atoms in total. The number of carbonyl (C=O) groups excluding carboxylic acids is 1. The Balaban J connectivity index is 2.20. The lowest BCUT2D eigenvalue weighted by atomic mass is 10.2. The number of anilines is 1. The smallest absolute Gasteiger partial charge is 0.244 e. The molecule has 2 rings (SSSR count). The van der Waals surface area contributed by atoms with E-state index in [0.717, 1.165) is 16.6 Å². The maximum atomic E-state index is 12.3. The molecule has 98 valence electrons. The van der Waals surface area contributed by atoms with Gasteiger partial charge in [-0.1, -0.05) is 41.4 Å². The molecule has 1 amide bonds. The molecule has 1 N–H and O–H groups in total. The highest BCUT2D eigenvalue weighted by atomic mass is 79.9. The standard InChI is InChI=1S/C13H16BrClN2O/c1-8(2)16-11-5-6-17(13(11)18)12-7-9(14)3-4-10(12)15/h3-4,7-8,11,16H,5-6H2,1-2H3. The Morgan fingerprint density at radius 2 is 2.22 bits per heavy atom. The molecule has 0 saturated carbocycles. The molecule has 1 aromatic carbocycles. The van der Waals surface area contributed by atoms with Gasteiger partial charge in [0.1, 0.15) is 0 Å². The van der Waals surface area contributed by atoms with Gasteiger partial charge in [-0.05, 0) is 24.6 Å². The van der Waals surface area contributed by atoms with Crippen molar-refractivity contribution in [3.8, 4) is 0 Å². The van der Waals surface area contributed by atoms with Crippen molar-refractivity contribution in [1.82, 2.24) is 5.32 Å². The van der Waals surface area contributed by atoms with Gasteiger partial charge in [0.2, 0.25) is 5.91 Å². The zero-order chi connectivity index (χ0) is 13.3. The minimum absolute atomic E-state index is 0.0972. The molecule has 0 bridgehead atoms. The van der Waals surface area contributed by atoms with Crippen LogP contribution in [0.4, 0.5) is 5.69 Å². The van der Waals surface area contributed by atoms with Gasteiger partial charge in [0, 0.05) is 17.1 Å². The minimum atomic E-state index is -0.0972. The van der Waals surface area contributed by atoms with Crippen LogP contribution >= 0.6 is 27.5 Å². The zero-order valence-corrected chi connectivity index (χ0v) is 12.8. The fourth-order valence-corrected chi connectivity index (χ4v) is 2.74. The van der Waals surface area contributed by atoms with Crippen molar-refractivity contribution in [3.05, 3.63) is 27.7 Å². The lowest BCUT2D eigenvalue weighted by molar-refractivity contribution is -0.118. The number of nitrogens with one attached hydrogen (secondary N) is 1. The van der Waals surface area contributed by atoms with E-state index in [4.69, 9.17) is 11.6 Å². The maximum Gasteiger partial charge on any atom is 0.244 e. The predicted molar refractivity (Wildman–Crippen MR) is 78.2 cm³/mol. The number of amides is 1. The van der Waals surface area contributed by atoms with Gasteiger partial charge < -0.3 is 10.2 Å². The Bertz CT molecular complexity index is 464. The molecule has 1 aliphatic rings. The van der Waals surface area contributed by atoms with Crippen LogP contribution in [-0.4, -0.2) is 24.5 Å². The second-order valence-electron chi connectivity index (χ2n) is 4.75. The van der Waals surface area contributed by atoms with E-state index in [1.165, 1.54) is 0 Å². The highest BCUT2D eigenvalue weighted by Gasteiger charge is 2.33. The van der Waals surface area contributed by atoms with E-state index in [2.05, 4.69) is 21.2 Å². The van der Waals surface area contributed by atoms with Gasteiger partial charge in [-0.25, -0.2) is 0 Å². The molecule has 1 atom stereocenters. The van der Waals surface area contributed by atoms with Crippen molar-refractivity contribution >= 4 is 39.1 Å². The summed E-state index contributed by atoms with van der Waals surface area (Å²) < 4.78 is 0.926. The molecule has 1 heterocycles. The number of halogens is 2. The summed E-state index contributed by atoms with van der Waals surface area (Å²) >= 11 is 9.57. The molecule has 0 radical (unpaired) electrons. The summed E-state index contributed by atoms with van der Waals surface area (Å²) in [4.78, 5) is 14.1. The van der Waals surface area contributed by atoms with E-state index in [-0.39, 0.29) is 11.9 Å². The first-order valence-electron chi connectivity index (χ1n) is 6.01. The molecule has 1 unspecified atom stereocenters. The summed E-state index contributed by atoms with van der Waals surface area (Å²) in [7, 11) is 0. The fraction of sp³-hybridized carbons (Fsp3) is 0.462. The first-order valence-corrected chi connectivity index (χ1v) is 7.18. The Hall–Kier alpha value is -0.580. The largest absolute Gasteiger partial charge is 0.309 e. The average molecular weight is 332 g/mol. The van der Waals surface area contributed by atoms with Crippen LogP contribution < -0.4 is 10.2 Å². The second-order valence-corrected chi connectivity index (χ2v) is 6.07. The minimum Gasteiger partial charge on any atom is -0.309 e. The van der Waals surface area contributed by atoms with Crippen molar-refractivity contribution in [2.45, 2.75) is 32.4 Å². The molecule has 0 aliphatic carbocycles. The summed E-state index contributed by atoms with van der Waals surface area (Å²) in [5.74, 6) is 0.101. The normalized spacial score (nSPS) is 19.9. The van der Waals surface area contributed by atoms with Crippen LogP contribution in [-0.2, 0) is 4.79 Å². The number of hydrogen-bond acceptors (Lipinski definition) is 2. The van der Waals surface area contributed by atoms with Gasteiger partial charge in [-0.15, -0.1) is 0 Å². The van der Waals surface area contributed by atoms with Crippen LogP contribution in [0.3, 0.4) is 0 Å². The summed E-state index contributed by atoms with van der Waals surface area (Å²) in [6.45, 7) is 4.80. The summed E-state index contributed by atoms with van der Waals surface area (Å²) in [6, 6.07) is 5.77. The van der Waals surface area contributed by atoms with Crippen molar-refractivity contribution in [2.75, 3.05) is 11.4 Å². The molecule has 1 aromatic rings. The van der Waals surface area contributed by atoms with Crippen LogP contribution in [0.15, 0.2) is 22.7 Å². The number of rotatable bonds is 3. The van der Waals surface area contributed by atoms with E-state index >= 15 is 0 Å². The topological polar surface area (TPSA) is 32.3 Å². The Morgan fingerprint density at radius 3 is 2.89 bits per heavy atom. The average Bonchev–Trinajstić information content (AvgIpc) is 2.64. The van der Waals surface area contributed by atoms with Gasteiger partial charge in [0.25, 0.3) is 0 Å². The first-order chi connectivity index (χ1) is 8.49. The van der Waals surface area contributed by atoms with Gasteiger partial charge in [-0.2, -0.15) is 0 Å². The highest BCUT2D eigenvalue weighted by molar-refractivity contribution is 9.10. The molecule has 5 heteroatoms. The van der Waals surface area contributed by atoms with E-state index in [1.807, 2.05) is 26.0 Å². The summed E-state index contributed by atoms with van der Waals surface area (Å²) in [5.41, 5.74) is 0.782. The van der Waals surface area contributed by atoms with Crippen molar-refractivity contribution in [2.24, 2.45) is 0 Å². The van der Waals surface area contributed by atoms with Crippen LogP contribution in [0.2, 0.25) is 5.02 Å². The van der Waals surface area contributed by atoms with Gasteiger partial charge in [0.15, 0.2) is 0 Å². The number of nitrogens with zero attached hydrogens (tertiary/aromatic N) is 1. The Labute approximate surface area is 121 Å². The predicted octanol–water partition coefficient (Wildman–Crippen LogP) is 3.21. The number of hydrogen-bond donors (Lipinski definition) is 1. The first kappa shape index (κ1) is 13.8. The maximum absolute atomic E-state index is 12.3. The molecule has 0 aromatic heterocycles. The number of benzene rings is 1. The van der Waals surface area contributed by atoms with Crippen molar-refractivity contribution in [3.63, 3.8) is 0 Å². The van der Waals surface area contributed by atoms with Crippen LogP contribution in [0.25, 0.3) is 0 Å². The van der Waals surface area contributed by atoms with E-state index in [0.29, 0.717) is 17.6 Å². The summed E-state index contributed by atoms with van der Waals surface area (Å²) in [6.07, 6.45) is 0.819. The van der Waals surface area contributed by atoms with Gasteiger partial charge in [-0.3, -0.25) is 4.79 Å². The zero-order valence-electron chi connectivity index (χ0n) is 10.4. The molecular weight excluding hydrogens is 316 g/mol. The Morgan fingerprint density at radius 1 is 1.50 bits per heavy atom. The van der Waals surface area contributed by atoms with E-state index in [1.54, 1.807) is 11.0 Å². The van der Waals surface area contributed by atoms with Crippen LogP contribution in [0.5, 0.6) is 0 Å². The van der Waals surface area contributed by atoms with E-state index in [9.17, 15) is 4.79 Å². The van der Waals surface area contributed by atoms with Gasteiger partial charge >= 0.3 is 0 Å². The van der Waals surface area contributed by atoms with Crippen LogP contribution in [0.1, 0.15) is 20.3 Å². The molecular formula is C13H16BrClN2O. The molecule has 1 fully saturated rings. The molecule has 0 spiro atoms. The summed E-state index contributed by atoms with van der Waals surface area (Å²) in [5, 5.41) is 3.89. The van der Waals surface area contributed by atoms with Crippen molar-refractivity contribution in [1.29, 1.82) is 0 Å². The Kier molecular flexibility index (Phi) is 4.30. The SMILES string of the molecule is CC(C)NC1CCN(c2cc(Br)ccc2Cl)C1=O. The monoisotopic (exact) mass is 330 g/mol. The third-order valence-electron chi connectivity index (χ3n) is 2.94. The quantitative estimate of drug-likeness (QED) is 0.922. The highest BCUT2D eigenvalue weighted by Crippen LogP contribution is 2.32. The molecule has 1 saturated heterocycles. The van der Waals surface area contributed by atoms with Crippen molar-refractivity contribution < 1.29 is 4.79 Å². The van der Waals surface area contributed by atoms with E-state index < -0.39 is 0 Å². The lowest BCUT2D eigenvalue weighted by Crippen LogP contribution is -2.41. The van der Waals surface area contributed by atoms with Crippen LogP contribution in [0, 0.1) is 0 Å². The molecule has 1 aliphatic heterocycles. The second kappa shape index (κ2) is 5.59. The lowest BCUT2D eigenvalue weighted by Gasteiger charge is -2.19. The third kappa shape index (κ3) is 2.87.